The van der Waals surface area contributed by atoms with Gasteiger partial charge in [-0.1, -0.05) is 13.8 Å². The Balaban J connectivity index is 2.60. The first-order chi connectivity index (χ1) is 7.68. The van der Waals surface area contributed by atoms with Gasteiger partial charge < -0.3 is 10.6 Å². The molecule has 1 fully saturated rings. The van der Waals surface area contributed by atoms with E-state index in [0.717, 1.165) is 13.1 Å². The minimum atomic E-state index is 0.261. The Hall–Kier alpha value is -0.120. The lowest BCUT2D eigenvalue weighted by Gasteiger charge is -2.40. The molecule has 3 nitrogen and oxygen atoms in total. The highest BCUT2D eigenvalue weighted by Crippen LogP contribution is 2.27. The second-order valence-electron chi connectivity index (χ2n) is 5.14. The number of nitrogens with zero attached hydrogens (tertiary/aromatic N) is 2. The van der Waals surface area contributed by atoms with Crippen LogP contribution in [0.2, 0.25) is 0 Å². The molecule has 1 saturated heterocycles. The maximum Gasteiger partial charge on any atom is 0.0341 e. The lowest BCUT2D eigenvalue weighted by Crippen LogP contribution is -2.52. The molecule has 0 radical (unpaired) electrons. The standard InChI is InChI=1S/C13H29N3/c1-4-9-16-10-6-7-13(12-14,8-11-16)15(3)5-2/h4-12,14H2,1-3H3. The summed E-state index contributed by atoms with van der Waals surface area (Å²) in [5.74, 6) is 0. The molecule has 16 heavy (non-hydrogen) atoms. The van der Waals surface area contributed by atoms with Crippen molar-refractivity contribution in [3.05, 3.63) is 0 Å². The van der Waals surface area contributed by atoms with Crippen molar-refractivity contribution < 1.29 is 0 Å². The summed E-state index contributed by atoms with van der Waals surface area (Å²) in [5.41, 5.74) is 6.30. The van der Waals surface area contributed by atoms with E-state index in [0.29, 0.717) is 0 Å². The fraction of sp³-hybridized carbons (Fsp3) is 1.00. The Kier molecular flexibility index (Phi) is 5.73. The minimum absolute atomic E-state index is 0.261. The van der Waals surface area contributed by atoms with Crippen LogP contribution in [0.4, 0.5) is 0 Å². The summed E-state index contributed by atoms with van der Waals surface area (Å²) in [5, 5.41) is 0. The number of nitrogens with two attached hydrogens (primary N) is 1. The summed E-state index contributed by atoms with van der Waals surface area (Å²) in [6.45, 7) is 10.1. The smallest absolute Gasteiger partial charge is 0.0341 e. The first-order valence-corrected chi connectivity index (χ1v) is 6.82. The molecular formula is C13H29N3. The van der Waals surface area contributed by atoms with E-state index in [1.54, 1.807) is 0 Å². The zero-order valence-corrected chi connectivity index (χ0v) is 11.3. The SMILES string of the molecule is CCCN1CCCC(CN)(N(C)CC)CC1. The van der Waals surface area contributed by atoms with Gasteiger partial charge in [0.1, 0.15) is 0 Å². The lowest BCUT2D eigenvalue weighted by molar-refractivity contribution is 0.113. The fourth-order valence-electron chi connectivity index (χ4n) is 2.85. The Bertz CT molecular complexity index is 196. The van der Waals surface area contributed by atoms with Crippen LogP contribution in [0.5, 0.6) is 0 Å². The summed E-state index contributed by atoms with van der Waals surface area (Å²) in [7, 11) is 2.22. The predicted molar refractivity (Wildman–Crippen MR) is 70.7 cm³/mol. The van der Waals surface area contributed by atoms with E-state index in [-0.39, 0.29) is 5.54 Å². The van der Waals surface area contributed by atoms with E-state index in [2.05, 4.69) is 30.7 Å². The van der Waals surface area contributed by atoms with Crippen LogP contribution >= 0.6 is 0 Å². The average molecular weight is 227 g/mol. The zero-order valence-electron chi connectivity index (χ0n) is 11.3. The molecule has 96 valence electrons. The maximum absolute atomic E-state index is 6.04. The van der Waals surface area contributed by atoms with Gasteiger partial charge in [-0.15, -0.1) is 0 Å². The number of likely N-dealkylation sites (tertiary alicyclic amines) is 1. The van der Waals surface area contributed by atoms with Crippen LogP contribution in [0.25, 0.3) is 0 Å². The molecule has 0 aromatic rings. The third-order valence-electron chi connectivity index (χ3n) is 4.21. The molecule has 0 aromatic heterocycles. The molecule has 1 aliphatic rings. The second-order valence-corrected chi connectivity index (χ2v) is 5.14. The Morgan fingerprint density at radius 3 is 2.56 bits per heavy atom. The third-order valence-corrected chi connectivity index (χ3v) is 4.21. The monoisotopic (exact) mass is 227 g/mol. The van der Waals surface area contributed by atoms with Gasteiger partial charge in [0.05, 0.1) is 0 Å². The van der Waals surface area contributed by atoms with Crippen LogP contribution in [-0.2, 0) is 0 Å². The molecule has 0 spiro atoms. The fourth-order valence-corrected chi connectivity index (χ4v) is 2.85. The van der Waals surface area contributed by atoms with Crippen molar-refractivity contribution in [3.63, 3.8) is 0 Å². The molecule has 0 amide bonds. The second kappa shape index (κ2) is 6.58. The maximum atomic E-state index is 6.04. The van der Waals surface area contributed by atoms with Crippen molar-refractivity contribution in [2.75, 3.05) is 39.8 Å². The number of hydrogen-bond donors (Lipinski definition) is 1. The summed E-state index contributed by atoms with van der Waals surface area (Å²) in [6, 6.07) is 0. The van der Waals surface area contributed by atoms with Crippen LogP contribution in [0.3, 0.4) is 0 Å². The Morgan fingerprint density at radius 1 is 1.25 bits per heavy atom. The Morgan fingerprint density at radius 2 is 2.00 bits per heavy atom. The molecule has 1 aliphatic heterocycles. The van der Waals surface area contributed by atoms with Crippen molar-refractivity contribution in [2.45, 2.75) is 45.1 Å². The van der Waals surface area contributed by atoms with Gasteiger partial charge in [-0.05, 0) is 58.9 Å². The van der Waals surface area contributed by atoms with E-state index < -0.39 is 0 Å². The number of rotatable bonds is 5. The van der Waals surface area contributed by atoms with Gasteiger partial charge in [-0.2, -0.15) is 0 Å². The number of likely N-dealkylation sites (N-methyl/N-ethyl adjacent to an activating group) is 1. The van der Waals surface area contributed by atoms with Gasteiger partial charge in [0.2, 0.25) is 0 Å². The van der Waals surface area contributed by atoms with Crippen molar-refractivity contribution in [1.29, 1.82) is 0 Å². The van der Waals surface area contributed by atoms with Gasteiger partial charge >= 0.3 is 0 Å². The first-order valence-electron chi connectivity index (χ1n) is 6.82. The quantitative estimate of drug-likeness (QED) is 0.773. The van der Waals surface area contributed by atoms with Gasteiger partial charge in [0.15, 0.2) is 0 Å². The summed E-state index contributed by atoms with van der Waals surface area (Å²) >= 11 is 0. The number of hydrogen-bond acceptors (Lipinski definition) is 3. The van der Waals surface area contributed by atoms with Crippen molar-refractivity contribution in [1.82, 2.24) is 9.80 Å². The minimum Gasteiger partial charge on any atom is -0.329 e. The zero-order chi connectivity index (χ0) is 12.0. The molecular weight excluding hydrogens is 198 g/mol. The average Bonchev–Trinajstić information content (AvgIpc) is 2.52. The van der Waals surface area contributed by atoms with Crippen LogP contribution in [0.1, 0.15) is 39.5 Å². The summed E-state index contributed by atoms with van der Waals surface area (Å²) in [6.07, 6.45) is 5.04. The van der Waals surface area contributed by atoms with Gasteiger partial charge in [-0.25, -0.2) is 0 Å². The third kappa shape index (κ3) is 3.19. The molecule has 2 N–H and O–H groups in total. The molecule has 3 heteroatoms. The summed E-state index contributed by atoms with van der Waals surface area (Å²) < 4.78 is 0. The van der Waals surface area contributed by atoms with Crippen molar-refractivity contribution >= 4 is 0 Å². The van der Waals surface area contributed by atoms with Gasteiger partial charge in [-0.3, -0.25) is 4.90 Å². The van der Waals surface area contributed by atoms with Crippen molar-refractivity contribution in [2.24, 2.45) is 5.73 Å². The molecule has 0 saturated carbocycles. The van der Waals surface area contributed by atoms with E-state index >= 15 is 0 Å². The van der Waals surface area contributed by atoms with Crippen LogP contribution in [0, 0.1) is 0 Å². The first kappa shape index (κ1) is 13.9. The normalized spacial score (nSPS) is 28.3. The topological polar surface area (TPSA) is 32.5 Å². The highest BCUT2D eigenvalue weighted by Gasteiger charge is 2.34. The highest BCUT2D eigenvalue weighted by atomic mass is 15.2. The molecule has 0 aromatic carbocycles. The van der Waals surface area contributed by atoms with Crippen LogP contribution < -0.4 is 5.73 Å². The Labute approximate surface area is 101 Å². The summed E-state index contributed by atoms with van der Waals surface area (Å²) in [4.78, 5) is 5.06. The van der Waals surface area contributed by atoms with Gasteiger partial charge in [0.25, 0.3) is 0 Å². The van der Waals surface area contributed by atoms with E-state index in [9.17, 15) is 0 Å². The lowest BCUT2D eigenvalue weighted by atomic mass is 9.89. The molecule has 1 atom stereocenters. The van der Waals surface area contributed by atoms with Crippen molar-refractivity contribution in [3.8, 4) is 0 Å². The molecule has 0 aliphatic carbocycles. The van der Waals surface area contributed by atoms with E-state index in [1.165, 1.54) is 45.3 Å². The van der Waals surface area contributed by atoms with E-state index in [1.807, 2.05) is 0 Å². The highest BCUT2D eigenvalue weighted by molar-refractivity contribution is 4.93. The van der Waals surface area contributed by atoms with Gasteiger partial charge in [0, 0.05) is 12.1 Å². The van der Waals surface area contributed by atoms with Crippen LogP contribution in [-0.4, -0.2) is 55.1 Å². The predicted octanol–water partition coefficient (Wildman–Crippen LogP) is 1.53. The largest absolute Gasteiger partial charge is 0.329 e. The van der Waals surface area contributed by atoms with E-state index in [4.69, 9.17) is 5.73 Å². The molecule has 1 rings (SSSR count). The molecule has 1 heterocycles. The van der Waals surface area contributed by atoms with Crippen LogP contribution in [0.15, 0.2) is 0 Å². The molecule has 1 unspecified atom stereocenters. The molecule has 0 bridgehead atoms.